The monoisotopic (exact) mass is 272 g/mol. The molecule has 0 atom stereocenters. The molecule has 8 heteroatoms. The van der Waals surface area contributed by atoms with E-state index in [4.69, 9.17) is 4.55 Å². The molecule has 0 aliphatic carbocycles. The predicted molar refractivity (Wildman–Crippen MR) is 61.6 cm³/mol. The van der Waals surface area contributed by atoms with Crippen LogP contribution in [-0.4, -0.2) is 22.8 Å². The van der Waals surface area contributed by atoms with Crippen molar-refractivity contribution in [2.24, 2.45) is 0 Å². The fraction of sp³-hybridized carbons (Fsp3) is 0.100. The quantitative estimate of drug-likeness (QED) is 0.804. The van der Waals surface area contributed by atoms with E-state index in [1.54, 1.807) is 0 Å². The highest BCUT2D eigenvalue weighted by Gasteiger charge is 2.11. The Kier molecular flexibility index (Phi) is 3.05. The number of nitrogens with zero attached hydrogens (tertiary/aromatic N) is 1. The molecule has 0 radical (unpaired) electrons. The van der Waals surface area contributed by atoms with Crippen LogP contribution in [0.5, 0.6) is 0 Å². The molecule has 1 heterocycles. The van der Waals surface area contributed by atoms with E-state index < -0.39 is 27.2 Å². The number of hydrogen-bond donors (Lipinski definition) is 2. The minimum Gasteiger partial charge on any atom is -0.294 e. The summed E-state index contributed by atoms with van der Waals surface area (Å²) in [4.78, 5) is 11.6. The molecule has 6 nitrogen and oxygen atoms in total. The van der Waals surface area contributed by atoms with Crippen LogP contribution in [0.15, 0.2) is 35.1 Å². The molecule has 2 aromatic rings. The summed E-state index contributed by atoms with van der Waals surface area (Å²) in [7, 11) is -4.21. The smallest absolute Gasteiger partial charge is 0.271 e. The lowest BCUT2D eigenvalue weighted by atomic mass is 10.3. The molecule has 0 amide bonds. The second-order valence-electron chi connectivity index (χ2n) is 3.66. The van der Waals surface area contributed by atoms with Crippen molar-refractivity contribution in [2.75, 3.05) is 0 Å². The van der Waals surface area contributed by atoms with Crippen molar-refractivity contribution in [3.8, 4) is 5.69 Å². The third-order valence-electron chi connectivity index (χ3n) is 2.20. The SMILES string of the molecule is O=c1cc(CS(=O)(=O)O)[nH]n1-c1ccc(F)cc1. The first kappa shape index (κ1) is 12.5. The molecular weight excluding hydrogens is 263 g/mol. The molecule has 0 aliphatic rings. The Morgan fingerprint density at radius 3 is 2.44 bits per heavy atom. The van der Waals surface area contributed by atoms with E-state index in [0.717, 1.165) is 10.7 Å². The minimum atomic E-state index is -4.21. The largest absolute Gasteiger partial charge is 0.294 e. The van der Waals surface area contributed by atoms with Gasteiger partial charge < -0.3 is 0 Å². The number of H-pyrrole nitrogens is 1. The molecule has 2 N–H and O–H groups in total. The van der Waals surface area contributed by atoms with Crippen LogP contribution in [0.3, 0.4) is 0 Å². The lowest BCUT2D eigenvalue weighted by molar-refractivity contribution is 0.481. The average molecular weight is 272 g/mol. The number of aromatic nitrogens is 2. The van der Waals surface area contributed by atoms with Gasteiger partial charge in [-0.3, -0.25) is 14.4 Å². The van der Waals surface area contributed by atoms with Gasteiger partial charge >= 0.3 is 0 Å². The van der Waals surface area contributed by atoms with Gasteiger partial charge in [0.1, 0.15) is 11.6 Å². The van der Waals surface area contributed by atoms with Crippen LogP contribution in [-0.2, 0) is 15.9 Å². The van der Waals surface area contributed by atoms with Crippen molar-refractivity contribution >= 4 is 10.1 Å². The second-order valence-corrected chi connectivity index (χ2v) is 5.11. The van der Waals surface area contributed by atoms with Gasteiger partial charge in [0.2, 0.25) is 0 Å². The first-order chi connectivity index (χ1) is 8.35. The van der Waals surface area contributed by atoms with Crippen molar-refractivity contribution in [2.45, 2.75) is 5.75 Å². The topological polar surface area (TPSA) is 92.2 Å². The summed E-state index contributed by atoms with van der Waals surface area (Å²) in [5.74, 6) is -1.13. The Hall–Kier alpha value is -1.93. The molecule has 0 bridgehead atoms. The van der Waals surface area contributed by atoms with Gasteiger partial charge in [0.05, 0.1) is 11.4 Å². The predicted octanol–water partition coefficient (Wildman–Crippen LogP) is 0.693. The van der Waals surface area contributed by atoms with Crippen molar-refractivity contribution in [1.29, 1.82) is 0 Å². The van der Waals surface area contributed by atoms with E-state index in [1.165, 1.54) is 24.3 Å². The first-order valence-electron chi connectivity index (χ1n) is 4.87. The zero-order valence-corrected chi connectivity index (χ0v) is 9.82. The fourth-order valence-corrected chi connectivity index (χ4v) is 2.04. The van der Waals surface area contributed by atoms with Crippen LogP contribution < -0.4 is 5.56 Å². The van der Waals surface area contributed by atoms with Gasteiger partial charge in [-0.15, -0.1) is 0 Å². The molecule has 0 unspecified atom stereocenters. The summed E-state index contributed by atoms with van der Waals surface area (Å²) in [5, 5.41) is 2.52. The van der Waals surface area contributed by atoms with Gasteiger partial charge in [0.25, 0.3) is 15.7 Å². The van der Waals surface area contributed by atoms with Gasteiger partial charge in [-0.25, -0.2) is 9.07 Å². The molecule has 18 heavy (non-hydrogen) atoms. The standard InChI is InChI=1S/C10H9FN2O4S/c11-7-1-3-9(4-2-7)13-10(14)5-8(12-13)6-18(15,16)17/h1-5,12H,6H2,(H,15,16,17). The Morgan fingerprint density at radius 1 is 1.28 bits per heavy atom. The van der Waals surface area contributed by atoms with E-state index in [-0.39, 0.29) is 5.69 Å². The zero-order chi connectivity index (χ0) is 13.3. The Labute approximate surface area is 101 Å². The molecule has 96 valence electrons. The molecule has 0 spiro atoms. The van der Waals surface area contributed by atoms with Gasteiger partial charge in [0, 0.05) is 6.07 Å². The Morgan fingerprint density at radius 2 is 1.89 bits per heavy atom. The number of nitrogens with one attached hydrogen (secondary N) is 1. The summed E-state index contributed by atoms with van der Waals surface area (Å²) < 4.78 is 43.8. The summed E-state index contributed by atoms with van der Waals surface area (Å²) >= 11 is 0. The highest BCUT2D eigenvalue weighted by atomic mass is 32.2. The number of halogens is 1. The summed E-state index contributed by atoms with van der Waals surface area (Å²) in [6.07, 6.45) is 0. The van der Waals surface area contributed by atoms with Crippen LogP contribution in [0.2, 0.25) is 0 Å². The maximum Gasteiger partial charge on any atom is 0.271 e. The summed E-state index contributed by atoms with van der Waals surface area (Å²) in [5.41, 5.74) is -0.0879. The minimum absolute atomic E-state index is 0.0480. The van der Waals surface area contributed by atoms with E-state index >= 15 is 0 Å². The van der Waals surface area contributed by atoms with E-state index in [1.807, 2.05) is 0 Å². The highest BCUT2D eigenvalue weighted by Crippen LogP contribution is 2.07. The Bertz CT molecular complexity index is 715. The van der Waals surface area contributed by atoms with Crippen molar-refractivity contribution in [3.05, 3.63) is 52.2 Å². The van der Waals surface area contributed by atoms with Crippen molar-refractivity contribution in [1.82, 2.24) is 9.78 Å². The van der Waals surface area contributed by atoms with E-state index in [9.17, 15) is 17.6 Å². The fourth-order valence-electron chi connectivity index (χ4n) is 1.50. The summed E-state index contributed by atoms with van der Waals surface area (Å²) in [6.45, 7) is 0. The normalized spacial score (nSPS) is 11.7. The lowest BCUT2D eigenvalue weighted by Crippen LogP contribution is -2.13. The average Bonchev–Trinajstić information content (AvgIpc) is 2.58. The van der Waals surface area contributed by atoms with Crippen molar-refractivity contribution in [3.63, 3.8) is 0 Å². The third kappa shape index (κ3) is 2.84. The van der Waals surface area contributed by atoms with E-state index in [0.29, 0.717) is 5.69 Å². The molecule has 0 fully saturated rings. The van der Waals surface area contributed by atoms with Crippen LogP contribution in [0, 0.1) is 5.82 Å². The maximum atomic E-state index is 12.7. The molecule has 1 aromatic heterocycles. The molecular formula is C10H9FN2O4S. The van der Waals surface area contributed by atoms with Crippen LogP contribution in [0.1, 0.15) is 5.69 Å². The molecule has 2 rings (SSSR count). The number of rotatable bonds is 3. The first-order valence-corrected chi connectivity index (χ1v) is 6.48. The maximum absolute atomic E-state index is 12.7. The number of hydrogen-bond acceptors (Lipinski definition) is 3. The Balaban J connectivity index is 2.41. The highest BCUT2D eigenvalue weighted by molar-refractivity contribution is 7.84. The van der Waals surface area contributed by atoms with Gasteiger partial charge in [-0.2, -0.15) is 8.42 Å². The van der Waals surface area contributed by atoms with Crippen LogP contribution >= 0.6 is 0 Å². The van der Waals surface area contributed by atoms with Gasteiger partial charge in [-0.1, -0.05) is 0 Å². The number of benzene rings is 1. The summed E-state index contributed by atoms with van der Waals surface area (Å²) in [6, 6.07) is 6.13. The third-order valence-corrected chi connectivity index (χ3v) is 2.87. The lowest BCUT2D eigenvalue weighted by Gasteiger charge is -2.01. The molecule has 0 saturated carbocycles. The van der Waals surface area contributed by atoms with E-state index in [2.05, 4.69) is 5.10 Å². The van der Waals surface area contributed by atoms with Crippen LogP contribution in [0.4, 0.5) is 4.39 Å². The second kappa shape index (κ2) is 4.39. The van der Waals surface area contributed by atoms with Gasteiger partial charge in [0.15, 0.2) is 0 Å². The van der Waals surface area contributed by atoms with Crippen molar-refractivity contribution < 1.29 is 17.4 Å². The molecule has 1 aromatic carbocycles. The molecule has 0 aliphatic heterocycles. The number of aromatic amines is 1. The van der Waals surface area contributed by atoms with Crippen LogP contribution in [0.25, 0.3) is 5.69 Å². The van der Waals surface area contributed by atoms with Gasteiger partial charge in [-0.05, 0) is 24.3 Å². The molecule has 0 saturated heterocycles. The zero-order valence-electron chi connectivity index (χ0n) is 9.00.